The zero-order valence-electron chi connectivity index (χ0n) is 13.9. The van der Waals surface area contributed by atoms with Crippen molar-refractivity contribution in [2.45, 2.75) is 6.92 Å². The minimum absolute atomic E-state index is 1.01. The van der Waals surface area contributed by atoms with Crippen molar-refractivity contribution in [3.63, 3.8) is 0 Å². The maximum Gasteiger partial charge on any atom is 0.139 e. The summed E-state index contributed by atoms with van der Waals surface area (Å²) in [6, 6.07) is 24.5. The molecule has 0 amide bonds. The average Bonchev–Trinajstić information content (AvgIpc) is 2.61. The van der Waals surface area contributed by atoms with Crippen molar-refractivity contribution in [1.29, 1.82) is 0 Å². The van der Waals surface area contributed by atoms with Gasteiger partial charge in [0, 0.05) is 22.3 Å². The second-order valence-corrected chi connectivity index (χ2v) is 5.76. The Labute approximate surface area is 145 Å². The van der Waals surface area contributed by atoms with Crippen molar-refractivity contribution < 1.29 is 0 Å². The number of hydrogen-bond acceptors (Lipinski definition) is 0. The molecule has 0 nitrogen and oxygen atoms in total. The minimum atomic E-state index is 1.01. The predicted molar refractivity (Wildman–Crippen MR) is 104 cm³/mol. The zero-order valence-corrected chi connectivity index (χ0v) is 13.9. The van der Waals surface area contributed by atoms with Gasteiger partial charge in [0.2, 0.25) is 0 Å². The van der Waals surface area contributed by atoms with E-state index in [1.807, 2.05) is 42.5 Å². The van der Waals surface area contributed by atoms with Crippen LogP contribution < -0.4 is 5.46 Å². The Hall–Kier alpha value is -3.16. The van der Waals surface area contributed by atoms with Crippen molar-refractivity contribution in [2.75, 3.05) is 0 Å². The van der Waals surface area contributed by atoms with Gasteiger partial charge in [0.25, 0.3) is 0 Å². The second kappa shape index (κ2) is 7.41. The predicted octanol–water partition coefficient (Wildman–Crippen LogP) is 3.05. The summed E-state index contributed by atoms with van der Waals surface area (Å²) in [7, 11) is 2.08. The van der Waals surface area contributed by atoms with Gasteiger partial charge >= 0.3 is 0 Å². The lowest BCUT2D eigenvalue weighted by atomic mass is 9.95. The van der Waals surface area contributed by atoms with Gasteiger partial charge in [0.05, 0.1) is 0 Å². The van der Waals surface area contributed by atoms with Crippen LogP contribution in [0.25, 0.3) is 0 Å². The lowest BCUT2D eigenvalue weighted by molar-refractivity contribution is 1.42. The van der Waals surface area contributed by atoms with Crippen LogP contribution in [0, 0.1) is 30.6 Å². The third-order valence-corrected chi connectivity index (χ3v) is 3.74. The van der Waals surface area contributed by atoms with Gasteiger partial charge in [0.1, 0.15) is 7.85 Å². The highest BCUT2D eigenvalue weighted by Crippen LogP contribution is 2.10. The van der Waals surface area contributed by atoms with Crippen LogP contribution in [0.4, 0.5) is 0 Å². The van der Waals surface area contributed by atoms with Gasteiger partial charge in [-0.2, -0.15) is 0 Å². The van der Waals surface area contributed by atoms with E-state index < -0.39 is 0 Å². The van der Waals surface area contributed by atoms with Gasteiger partial charge in [0.15, 0.2) is 0 Å². The Morgan fingerprint density at radius 1 is 0.625 bits per heavy atom. The first-order chi connectivity index (χ1) is 11.7. The SMILES string of the molecule is Bc1ccc(C#Cc2ccc(C#Cc3ccccc3)c(C)c2)cc1. The number of rotatable bonds is 0. The van der Waals surface area contributed by atoms with E-state index in [0.717, 1.165) is 27.8 Å². The van der Waals surface area contributed by atoms with Crippen LogP contribution in [0.1, 0.15) is 27.8 Å². The summed E-state index contributed by atoms with van der Waals surface area (Å²) in [5.74, 6) is 12.9. The summed E-state index contributed by atoms with van der Waals surface area (Å²) in [6.45, 7) is 2.08. The topological polar surface area (TPSA) is 0 Å². The highest BCUT2D eigenvalue weighted by atomic mass is 14.0. The van der Waals surface area contributed by atoms with Gasteiger partial charge in [-0.3, -0.25) is 0 Å². The molecule has 0 bridgehead atoms. The highest BCUT2D eigenvalue weighted by molar-refractivity contribution is 6.32. The van der Waals surface area contributed by atoms with E-state index in [1.54, 1.807) is 0 Å². The van der Waals surface area contributed by atoms with Crippen molar-refractivity contribution in [2.24, 2.45) is 0 Å². The van der Waals surface area contributed by atoms with Gasteiger partial charge in [-0.15, -0.1) is 0 Å². The van der Waals surface area contributed by atoms with Crippen LogP contribution in [0.3, 0.4) is 0 Å². The molecule has 0 aliphatic heterocycles. The third kappa shape index (κ3) is 4.19. The lowest BCUT2D eigenvalue weighted by Gasteiger charge is -1.99. The maximum atomic E-state index is 3.24. The third-order valence-electron chi connectivity index (χ3n) is 3.74. The normalized spacial score (nSPS) is 9.38. The fraction of sp³-hybridized carbons (Fsp3) is 0.0435. The molecular weight excluding hydrogens is 287 g/mol. The molecule has 3 rings (SSSR count). The quantitative estimate of drug-likeness (QED) is 0.442. The molecule has 112 valence electrons. The first-order valence-electron chi connectivity index (χ1n) is 7.97. The first-order valence-corrected chi connectivity index (χ1v) is 7.97. The Kier molecular flexibility index (Phi) is 4.85. The van der Waals surface area contributed by atoms with Crippen LogP contribution in [-0.4, -0.2) is 7.85 Å². The Balaban J connectivity index is 1.81. The number of hydrogen-bond donors (Lipinski definition) is 0. The van der Waals surface area contributed by atoms with E-state index >= 15 is 0 Å². The molecule has 0 N–H and O–H groups in total. The van der Waals surface area contributed by atoms with Crippen LogP contribution in [0.15, 0.2) is 72.8 Å². The van der Waals surface area contributed by atoms with Crippen LogP contribution in [0.2, 0.25) is 0 Å². The lowest BCUT2D eigenvalue weighted by Crippen LogP contribution is -1.99. The summed E-state index contributed by atoms with van der Waals surface area (Å²) < 4.78 is 0. The smallest absolute Gasteiger partial charge is 0.0889 e. The van der Waals surface area contributed by atoms with E-state index in [-0.39, 0.29) is 0 Å². The summed E-state index contributed by atoms with van der Waals surface area (Å²) in [6.07, 6.45) is 0. The van der Waals surface area contributed by atoms with Crippen LogP contribution in [0.5, 0.6) is 0 Å². The molecule has 3 aromatic rings. The van der Waals surface area contributed by atoms with Gasteiger partial charge in [-0.05, 0) is 55.0 Å². The molecule has 1 heteroatoms. The largest absolute Gasteiger partial charge is 0.139 e. The standard InChI is InChI=1S/C23H17B/c1-18-17-21(8-7-20-11-15-23(24)16-12-20)10-14-22(18)13-9-19-5-3-2-4-6-19/h2-6,10-12,14-17H,24H2,1H3. The first kappa shape index (κ1) is 15.7. The number of benzene rings is 3. The fourth-order valence-corrected chi connectivity index (χ4v) is 2.32. The maximum absolute atomic E-state index is 3.24. The van der Waals surface area contributed by atoms with Gasteiger partial charge in [-0.25, -0.2) is 0 Å². The van der Waals surface area contributed by atoms with Crippen LogP contribution in [-0.2, 0) is 0 Å². The molecule has 0 aliphatic carbocycles. The average molecular weight is 304 g/mol. The zero-order chi connectivity index (χ0) is 16.8. The summed E-state index contributed by atoms with van der Waals surface area (Å²) >= 11 is 0. The molecule has 0 spiro atoms. The highest BCUT2D eigenvalue weighted by Gasteiger charge is 1.96. The molecule has 0 unspecified atom stereocenters. The Morgan fingerprint density at radius 2 is 1.21 bits per heavy atom. The minimum Gasteiger partial charge on any atom is -0.0889 e. The molecule has 3 aromatic carbocycles. The van der Waals surface area contributed by atoms with Crippen molar-refractivity contribution in [3.05, 3.63) is 101 Å². The van der Waals surface area contributed by atoms with Crippen molar-refractivity contribution >= 4 is 13.3 Å². The number of aryl methyl sites for hydroxylation is 1. The second-order valence-electron chi connectivity index (χ2n) is 5.76. The van der Waals surface area contributed by atoms with E-state index in [9.17, 15) is 0 Å². The van der Waals surface area contributed by atoms with Gasteiger partial charge in [-0.1, -0.05) is 59.5 Å². The molecule has 0 saturated carbocycles. The summed E-state index contributed by atoms with van der Waals surface area (Å²) in [5.41, 5.74) is 6.51. The molecular formula is C23H17B. The molecule has 0 aromatic heterocycles. The van der Waals surface area contributed by atoms with E-state index in [1.165, 1.54) is 5.46 Å². The molecule has 0 saturated heterocycles. The van der Waals surface area contributed by atoms with Crippen molar-refractivity contribution in [1.82, 2.24) is 0 Å². The molecule has 0 fully saturated rings. The fourth-order valence-electron chi connectivity index (χ4n) is 2.32. The summed E-state index contributed by atoms with van der Waals surface area (Å²) in [4.78, 5) is 0. The molecule has 0 atom stereocenters. The molecule has 0 radical (unpaired) electrons. The monoisotopic (exact) mass is 304 g/mol. The summed E-state index contributed by atoms with van der Waals surface area (Å²) in [5, 5.41) is 0. The Morgan fingerprint density at radius 3 is 1.92 bits per heavy atom. The van der Waals surface area contributed by atoms with E-state index in [2.05, 4.69) is 68.8 Å². The van der Waals surface area contributed by atoms with Crippen molar-refractivity contribution in [3.8, 4) is 23.7 Å². The van der Waals surface area contributed by atoms with Gasteiger partial charge < -0.3 is 0 Å². The Bertz CT molecular complexity index is 960. The van der Waals surface area contributed by atoms with Crippen LogP contribution >= 0.6 is 0 Å². The molecule has 0 aliphatic rings. The molecule has 0 heterocycles. The molecule has 24 heavy (non-hydrogen) atoms. The van der Waals surface area contributed by atoms with E-state index in [4.69, 9.17) is 0 Å². The van der Waals surface area contributed by atoms with E-state index in [0.29, 0.717) is 0 Å².